The van der Waals surface area contributed by atoms with E-state index >= 15 is 0 Å². The molecule has 0 radical (unpaired) electrons. The number of pyridine rings is 1. The second kappa shape index (κ2) is 7.44. The summed E-state index contributed by atoms with van der Waals surface area (Å²) in [5, 5.41) is -0.176. The lowest BCUT2D eigenvalue weighted by Gasteiger charge is -2.18. The molecule has 0 aliphatic heterocycles. The number of hydrogen-bond donors (Lipinski definition) is 0. The highest BCUT2D eigenvalue weighted by Crippen LogP contribution is 2.40. The number of ether oxygens (including phenoxy) is 1. The minimum atomic E-state index is -4.93. The number of hydrogen-bond acceptors (Lipinski definition) is 2. The fraction of sp³-hybridized carbons (Fsp3) is 0.389. The molecular weight excluding hydrogens is 360 g/mol. The van der Waals surface area contributed by atoms with Gasteiger partial charge in [-0.15, -0.1) is 6.42 Å². The molecule has 1 atom stereocenters. The van der Waals surface area contributed by atoms with Crippen molar-refractivity contribution in [3.63, 3.8) is 0 Å². The molecule has 0 aliphatic rings. The normalized spacial score (nSPS) is 13.5. The Morgan fingerprint density at radius 3 is 2.38 bits per heavy atom. The van der Waals surface area contributed by atoms with Gasteiger partial charge in [0.1, 0.15) is 11.4 Å². The van der Waals surface area contributed by atoms with Crippen LogP contribution in [0.3, 0.4) is 0 Å². The molecule has 0 fully saturated rings. The predicted molar refractivity (Wildman–Crippen MR) is 84.5 cm³/mol. The summed E-state index contributed by atoms with van der Waals surface area (Å²) in [6.45, 7) is 1.90. The maximum atomic E-state index is 13.2. The number of rotatable bonds is 5. The lowest BCUT2D eigenvalue weighted by atomic mass is 10.1. The quantitative estimate of drug-likeness (QED) is 0.484. The number of aromatic nitrogens is 1. The van der Waals surface area contributed by atoms with Crippen LogP contribution in [0.2, 0.25) is 0 Å². The zero-order valence-corrected chi connectivity index (χ0v) is 13.7. The molecule has 1 unspecified atom stereocenters. The Morgan fingerprint density at radius 1 is 1.15 bits per heavy atom. The predicted octanol–water partition coefficient (Wildman–Crippen LogP) is 5.84. The van der Waals surface area contributed by atoms with E-state index in [1.807, 2.05) is 6.92 Å². The number of alkyl halides is 6. The largest absolute Gasteiger partial charge is 0.477 e. The van der Waals surface area contributed by atoms with Crippen molar-refractivity contribution in [1.29, 1.82) is 0 Å². The van der Waals surface area contributed by atoms with Crippen molar-refractivity contribution >= 4 is 10.9 Å². The van der Waals surface area contributed by atoms with Crippen molar-refractivity contribution < 1.29 is 31.1 Å². The number of nitrogens with zero attached hydrogens (tertiary/aromatic N) is 1. The van der Waals surface area contributed by atoms with Crippen LogP contribution in [-0.4, -0.2) is 11.1 Å². The molecule has 8 heteroatoms. The van der Waals surface area contributed by atoms with E-state index in [2.05, 4.69) is 10.9 Å². The Morgan fingerprint density at radius 2 is 1.85 bits per heavy atom. The Bertz CT molecular complexity index is 819. The SMILES string of the molecule is C#CC(CCCC)Oc1cc(C(F)(F)F)nc2c(C(F)(F)F)cccc12. The van der Waals surface area contributed by atoms with Crippen LogP contribution >= 0.6 is 0 Å². The van der Waals surface area contributed by atoms with E-state index in [4.69, 9.17) is 11.2 Å². The fourth-order valence-electron chi connectivity index (χ4n) is 2.41. The molecule has 2 nitrogen and oxygen atoms in total. The minimum absolute atomic E-state index is 0.176. The lowest BCUT2D eigenvalue weighted by Crippen LogP contribution is -2.16. The van der Waals surface area contributed by atoms with Crippen molar-refractivity contribution in [2.75, 3.05) is 0 Å². The lowest BCUT2D eigenvalue weighted by molar-refractivity contribution is -0.142. The summed E-state index contributed by atoms with van der Waals surface area (Å²) in [6.07, 6.45) is -3.49. The van der Waals surface area contributed by atoms with Crippen LogP contribution in [0.15, 0.2) is 24.3 Å². The maximum Gasteiger partial charge on any atom is 0.433 e. The summed E-state index contributed by atoms with van der Waals surface area (Å²) in [5.74, 6) is 1.94. The molecule has 1 aromatic heterocycles. The van der Waals surface area contributed by atoms with Crippen molar-refractivity contribution in [3.8, 4) is 18.1 Å². The fourth-order valence-corrected chi connectivity index (χ4v) is 2.41. The average molecular weight is 375 g/mol. The molecule has 0 N–H and O–H groups in total. The third-order valence-corrected chi connectivity index (χ3v) is 3.67. The van der Waals surface area contributed by atoms with Gasteiger partial charge in [0.05, 0.1) is 11.1 Å². The molecule has 0 saturated carbocycles. The zero-order chi connectivity index (χ0) is 19.5. The van der Waals surface area contributed by atoms with Crippen LogP contribution in [0.1, 0.15) is 37.4 Å². The molecule has 1 aromatic carbocycles. The van der Waals surface area contributed by atoms with Gasteiger partial charge in [0.2, 0.25) is 0 Å². The molecule has 0 amide bonds. The molecule has 2 rings (SSSR count). The third kappa shape index (κ3) is 4.40. The van der Waals surface area contributed by atoms with Crippen molar-refractivity contribution in [3.05, 3.63) is 35.5 Å². The summed E-state index contributed by atoms with van der Waals surface area (Å²) >= 11 is 0. The van der Waals surface area contributed by atoms with Gasteiger partial charge in [-0.1, -0.05) is 25.3 Å². The zero-order valence-electron chi connectivity index (χ0n) is 13.7. The second-order valence-corrected chi connectivity index (χ2v) is 5.62. The summed E-state index contributed by atoms with van der Waals surface area (Å²) in [6, 6.07) is 3.57. The molecule has 0 spiro atoms. The van der Waals surface area contributed by atoms with Crippen LogP contribution in [0.5, 0.6) is 5.75 Å². The van der Waals surface area contributed by atoms with Crippen LogP contribution in [0.4, 0.5) is 26.3 Å². The Hall–Kier alpha value is -2.43. The summed E-state index contributed by atoms with van der Waals surface area (Å²) in [5.41, 5.74) is -3.56. The minimum Gasteiger partial charge on any atom is -0.477 e. The standard InChI is InChI=1S/C18H15F6NO/c1-3-5-7-11(4-2)26-14-10-15(18(22,23)24)25-16-12(14)8-6-9-13(16)17(19,20)21/h2,6,8-11H,3,5,7H2,1H3. The molecule has 26 heavy (non-hydrogen) atoms. The molecule has 0 bridgehead atoms. The highest BCUT2D eigenvalue weighted by atomic mass is 19.4. The van der Waals surface area contributed by atoms with Gasteiger partial charge in [-0.3, -0.25) is 0 Å². The van der Waals surface area contributed by atoms with Gasteiger partial charge in [-0.05, 0) is 25.0 Å². The van der Waals surface area contributed by atoms with Crippen LogP contribution in [-0.2, 0) is 12.4 Å². The van der Waals surface area contributed by atoms with Gasteiger partial charge in [-0.25, -0.2) is 4.98 Å². The van der Waals surface area contributed by atoms with E-state index in [1.54, 1.807) is 0 Å². The first-order valence-corrected chi connectivity index (χ1v) is 7.79. The summed E-state index contributed by atoms with van der Waals surface area (Å²) in [7, 11) is 0. The number of halogens is 6. The molecule has 140 valence electrons. The van der Waals surface area contributed by atoms with Crippen LogP contribution in [0, 0.1) is 12.3 Å². The number of terminal acetylenes is 1. The van der Waals surface area contributed by atoms with Crippen LogP contribution < -0.4 is 4.74 Å². The van der Waals surface area contributed by atoms with E-state index in [1.165, 1.54) is 6.07 Å². The van der Waals surface area contributed by atoms with E-state index in [-0.39, 0.29) is 11.1 Å². The molecule has 0 saturated heterocycles. The number of unbranched alkanes of at least 4 members (excludes halogenated alkanes) is 1. The average Bonchev–Trinajstić information content (AvgIpc) is 2.56. The topological polar surface area (TPSA) is 22.1 Å². The van der Waals surface area contributed by atoms with Crippen molar-refractivity contribution in [2.24, 2.45) is 0 Å². The molecule has 2 aromatic rings. The van der Waals surface area contributed by atoms with Gasteiger partial charge < -0.3 is 4.74 Å². The Kier molecular flexibility index (Phi) is 5.69. The maximum absolute atomic E-state index is 13.2. The highest BCUT2D eigenvalue weighted by Gasteiger charge is 2.37. The van der Waals surface area contributed by atoms with E-state index in [0.717, 1.165) is 12.5 Å². The molecular formula is C18H15F6NO. The smallest absolute Gasteiger partial charge is 0.433 e. The van der Waals surface area contributed by atoms with Crippen molar-refractivity contribution in [1.82, 2.24) is 4.98 Å². The van der Waals surface area contributed by atoms with Gasteiger partial charge in [0.15, 0.2) is 6.10 Å². The first-order chi connectivity index (χ1) is 12.1. The highest BCUT2D eigenvalue weighted by molar-refractivity contribution is 5.88. The van der Waals surface area contributed by atoms with Crippen molar-refractivity contribution in [2.45, 2.75) is 44.6 Å². The van der Waals surface area contributed by atoms with Gasteiger partial charge in [0.25, 0.3) is 0 Å². The number of fused-ring (bicyclic) bond motifs is 1. The van der Waals surface area contributed by atoms with Gasteiger partial charge in [-0.2, -0.15) is 26.3 Å². The Balaban J connectivity index is 2.66. The van der Waals surface area contributed by atoms with Gasteiger partial charge >= 0.3 is 12.4 Å². The van der Waals surface area contributed by atoms with E-state index < -0.39 is 35.2 Å². The van der Waals surface area contributed by atoms with Gasteiger partial charge in [0, 0.05) is 11.5 Å². The Labute approximate surface area is 146 Å². The van der Waals surface area contributed by atoms with Crippen LogP contribution in [0.25, 0.3) is 10.9 Å². The summed E-state index contributed by atoms with van der Waals surface area (Å²) in [4.78, 5) is 3.19. The summed E-state index contributed by atoms with van der Waals surface area (Å²) < 4.78 is 84.3. The van der Waals surface area contributed by atoms with E-state index in [0.29, 0.717) is 25.0 Å². The monoisotopic (exact) mass is 375 g/mol. The van der Waals surface area contributed by atoms with E-state index in [9.17, 15) is 26.3 Å². The number of para-hydroxylation sites is 1. The first-order valence-electron chi connectivity index (χ1n) is 7.79. The number of benzene rings is 1. The first kappa shape index (κ1) is 19.9. The second-order valence-electron chi connectivity index (χ2n) is 5.62. The molecule has 0 aliphatic carbocycles. The molecule has 1 heterocycles. The third-order valence-electron chi connectivity index (χ3n) is 3.67.